The Morgan fingerprint density at radius 1 is 0.806 bits per heavy atom. The highest BCUT2D eigenvalue weighted by Crippen LogP contribution is 2.36. The van der Waals surface area contributed by atoms with Crippen molar-refractivity contribution in [3.63, 3.8) is 0 Å². The van der Waals surface area contributed by atoms with Crippen molar-refractivity contribution < 1.29 is 14.3 Å². The van der Waals surface area contributed by atoms with Crippen LogP contribution in [0, 0.1) is 0 Å². The lowest BCUT2D eigenvalue weighted by molar-refractivity contribution is -0.131. The quantitative estimate of drug-likeness (QED) is 0.351. The smallest absolute Gasteiger partial charge is 0.308 e. The van der Waals surface area contributed by atoms with Crippen LogP contribution in [0.25, 0.3) is 10.8 Å². The number of carbonyl (C=O) groups is 2. The molecule has 31 heavy (non-hydrogen) atoms. The van der Waals surface area contributed by atoms with E-state index >= 15 is 0 Å². The van der Waals surface area contributed by atoms with E-state index in [9.17, 15) is 9.59 Å². The third-order valence-electron chi connectivity index (χ3n) is 5.12. The van der Waals surface area contributed by atoms with E-state index in [1.54, 1.807) is 6.07 Å². The maximum absolute atomic E-state index is 13.0. The molecule has 4 rings (SSSR count). The Morgan fingerprint density at radius 3 is 2.16 bits per heavy atom. The van der Waals surface area contributed by atoms with Crippen LogP contribution < -0.4 is 10.1 Å². The predicted molar refractivity (Wildman–Crippen MR) is 122 cm³/mol. The van der Waals surface area contributed by atoms with Gasteiger partial charge in [0.1, 0.15) is 5.75 Å². The van der Waals surface area contributed by atoms with Gasteiger partial charge in [-0.3, -0.25) is 9.59 Å². The van der Waals surface area contributed by atoms with Gasteiger partial charge in [-0.15, -0.1) is 0 Å². The summed E-state index contributed by atoms with van der Waals surface area (Å²) in [5.74, 6) is -0.0687. The highest BCUT2D eigenvalue weighted by molar-refractivity contribution is 5.90. The van der Waals surface area contributed by atoms with Gasteiger partial charge in [0.05, 0.1) is 12.5 Å². The first-order valence-corrected chi connectivity index (χ1v) is 10.2. The second kappa shape index (κ2) is 9.26. The lowest BCUT2D eigenvalue weighted by atomic mass is 9.92. The molecule has 0 heterocycles. The molecule has 0 bridgehead atoms. The molecular weight excluding hydrogens is 386 g/mol. The number of carbonyl (C=O) groups excluding carboxylic acids is 2. The Kier molecular flexibility index (Phi) is 6.08. The standard InChI is InChI=1S/C27H23NO3/c1-19(29)31-24-17-16-21-12-8-9-15-23(21)26(24)27(22-13-6-3-7-14-22)28-25(30)18-20-10-4-2-5-11-20/h2-17,27H,18H2,1H3,(H,28,30)/t27-/m1/s1. The molecule has 4 heteroatoms. The molecule has 4 aromatic carbocycles. The van der Waals surface area contributed by atoms with Crippen molar-refractivity contribution >= 4 is 22.6 Å². The van der Waals surface area contributed by atoms with E-state index in [2.05, 4.69) is 5.32 Å². The Morgan fingerprint density at radius 2 is 1.45 bits per heavy atom. The first-order chi connectivity index (χ1) is 15.1. The topological polar surface area (TPSA) is 55.4 Å². The number of nitrogens with one attached hydrogen (secondary N) is 1. The predicted octanol–water partition coefficient (Wildman–Crippen LogP) is 5.21. The van der Waals surface area contributed by atoms with Gasteiger partial charge in [-0.1, -0.05) is 91.0 Å². The molecule has 1 atom stereocenters. The van der Waals surface area contributed by atoms with E-state index in [1.807, 2.05) is 91.0 Å². The van der Waals surface area contributed by atoms with Crippen LogP contribution in [0.4, 0.5) is 0 Å². The van der Waals surface area contributed by atoms with Crippen LogP contribution in [0.15, 0.2) is 97.1 Å². The van der Waals surface area contributed by atoms with E-state index < -0.39 is 12.0 Å². The van der Waals surface area contributed by atoms with Gasteiger partial charge in [-0.2, -0.15) is 0 Å². The number of hydrogen-bond donors (Lipinski definition) is 1. The molecule has 0 aromatic heterocycles. The maximum Gasteiger partial charge on any atom is 0.308 e. The summed E-state index contributed by atoms with van der Waals surface area (Å²) in [4.78, 5) is 24.8. The Hall–Kier alpha value is -3.92. The monoisotopic (exact) mass is 409 g/mol. The van der Waals surface area contributed by atoms with Crippen molar-refractivity contribution in [1.82, 2.24) is 5.32 Å². The van der Waals surface area contributed by atoms with E-state index in [0.717, 1.165) is 27.5 Å². The van der Waals surface area contributed by atoms with Gasteiger partial charge in [0.25, 0.3) is 0 Å². The minimum absolute atomic E-state index is 0.109. The molecule has 0 aliphatic heterocycles. The average Bonchev–Trinajstić information content (AvgIpc) is 2.78. The fourth-order valence-corrected chi connectivity index (χ4v) is 3.78. The van der Waals surface area contributed by atoms with Crippen molar-refractivity contribution in [3.05, 3.63) is 114 Å². The van der Waals surface area contributed by atoms with Crippen molar-refractivity contribution in [2.45, 2.75) is 19.4 Å². The fourth-order valence-electron chi connectivity index (χ4n) is 3.78. The highest BCUT2D eigenvalue weighted by atomic mass is 16.5. The molecule has 0 aliphatic carbocycles. The van der Waals surface area contributed by atoms with E-state index in [0.29, 0.717) is 5.75 Å². The van der Waals surface area contributed by atoms with Gasteiger partial charge < -0.3 is 10.1 Å². The molecule has 4 aromatic rings. The lowest BCUT2D eigenvalue weighted by Crippen LogP contribution is -2.31. The van der Waals surface area contributed by atoms with Gasteiger partial charge >= 0.3 is 5.97 Å². The number of hydrogen-bond acceptors (Lipinski definition) is 3. The molecule has 4 nitrogen and oxygen atoms in total. The van der Waals surface area contributed by atoms with E-state index in [1.165, 1.54) is 6.92 Å². The third kappa shape index (κ3) is 4.81. The van der Waals surface area contributed by atoms with Gasteiger partial charge in [0.2, 0.25) is 5.91 Å². The number of fused-ring (bicyclic) bond motifs is 1. The maximum atomic E-state index is 13.0. The van der Waals surface area contributed by atoms with Gasteiger partial charge in [0, 0.05) is 12.5 Å². The van der Waals surface area contributed by atoms with Crippen molar-refractivity contribution in [2.24, 2.45) is 0 Å². The van der Waals surface area contributed by atoms with Gasteiger partial charge in [-0.25, -0.2) is 0 Å². The van der Waals surface area contributed by atoms with Crippen LogP contribution in [0.5, 0.6) is 5.75 Å². The van der Waals surface area contributed by atoms with Gasteiger partial charge in [0.15, 0.2) is 0 Å². The number of amides is 1. The molecule has 0 spiro atoms. The van der Waals surface area contributed by atoms with E-state index in [4.69, 9.17) is 4.74 Å². The van der Waals surface area contributed by atoms with Crippen LogP contribution in [0.3, 0.4) is 0 Å². The normalized spacial score (nSPS) is 11.6. The highest BCUT2D eigenvalue weighted by Gasteiger charge is 2.24. The van der Waals surface area contributed by atoms with Crippen LogP contribution in [-0.4, -0.2) is 11.9 Å². The zero-order valence-corrected chi connectivity index (χ0v) is 17.2. The molecule has 0 saturated heterocycles. The molecule has 0 radical (unpaired) electrons. The molecule has 1 amide bonds. The number of esters is 1. The number of ether oxygens (including phenoxy) is 1. The number of rotatable bonds is 6. The second-order valence-corrected chi connectivity index (χ2v) is 7.37. The Bertz CT molecular complexity index is 1200. The fraction of sp³-hybridized carbons (Fsp3) is 0.111. The summed E-state index contributed by atoms with van der Waals surface area (Å²) in [5.41, 5.74) is 2.61. The van der Waals surface area contributed by atoms with Crippen molar-refractivity contribution in [2.75, 3.05) is 0 Å². The van der Waals surface area contributed by atoms with Crippen LogP contribution in [0.2, 0.25) is 0 Å². The minimum atomic E-state index is -0.474. The summed E-state index contributed by atoms with van der Waals surface area (Å²) in [6.45, 7) is 1.38. The average molecular weight is 409 g/mol. The lowest BCUT2D eigenvalue weighted by Gasteiger charge is -2.24. The molecule has 0 saturated carbocycles. The summed E-state index contributed by atoms with van der Waals surface area (Å²) < 4.78 is 5.57. The molecule has 0 unspecified atom stereocenters. The first kappa shape index (κ1) is 20.4. The molecule has 154 valence electrons. The van der Waals surface area contributed by atoms with Crippen molar-refractivity contribution in [3.8, 4) is 5.75 Å². The minimum Gasteiger partial charge on any atom is -0.426 e. The van der Waals surface area contributed by atoms with Crippen LogP contribution >= 0.6 is 0 Å². The summed E-state index contributed by atoms with van der Waals surface area (Å²) in [5, 5.41) is 5.11. The van der Waals surface area contributed by atoms with Crippen LogP contribution in [-0.2, 0) is 16.0 Å². The molecule has 1 N–H and O–H groups in total. The molecular formula is C27H23NO3. The zero-order valence-electron chi connectivity index (χ0n) is 17.2. The van der Waals surface area contributed by atoms with Crippen LogP contribution in [0.1, 0.15) is 29.7 Å². The molecule has 0 aliphatic rings. The zero-order chi connectivity index (χ0) is 21.6. The SMILES string of the molecule is CC(=O)Oc1ccc2ccccc2c1[C@H](NC(=O)Cc1ccccc1)c1ccccc1. The summed E-state index contributed by atoms with van der Waals surface area (Å²) in [7, 11) is 0. The summed E-state index contributed by atoms with van der Waals surface area (Å²) in [6.07, 6.45) is 0.262. The number of benzene rings is 4. The summed E-state index contributed by atoms with van der Waals surface area (Å²) >= 11 is 0. The Labute approximate surface area is 181 Å². The Balaban J connectivity index is 1.81. The second-order valence-electron chi connectivity index (χ2n) is 7.37. The summed E-state index contributed by atoms with van der Waals surface area (Å²) in [6, 6.07) is 30.5. The third-order valence-corrected chi connectivity index (χ3v) is 5.12. The van der Waals surface area contributed by atoms with Gasteiger partial charge in [-0.05, 0) is 28.0 Å². The largest absolute Gasteiger partial charge is 0.426 e. The molecule has 0 fully saturated rings. The first-order valence-electron chi connectivity index (χ1n) is 10.2. The van der Waals surface area contributed by atoms with Crippen molar-refractivity contribution in [1.29, 1.82) is 0 Å². The van der Waals surface area contributed by atoms with E-state index in [-0.39, 0.29) is 12.3 Å².